The van der Waals surface area contributed by atoms with Crippen molar-refractivity contribution in [3.63, 3.8) is 0 Å². The van der Waals surface area contributed by atoms with Gasteiger partial charge in [-0.15, -0.1) is 0 Å². The molecular weight excluding hydrogens is 292 g/mol. The van der Waals surface area contributed by atoms with Crippen LogP contribution in [0.2, 0.25) is 0 Å². The summed E-state index contributed by atoms with van der Waals surface area (Å²) in [5.74, 6) is 0.717. The molecule has 2 aliphatic heterocycles. The highest BCUT2D eigenvalue weighted by Crippen LogP contribution is 2.33. The molecule has 0 radical (unpaired) electrons. The van der Waals surface area contributed by atoms with Crippen LogP contribution < -0.4 is 9.64 Å². The molecule has 0 amide bonds. The molecule has 1 aromatic carbocycles. The van der Waals surface area contributed by atoms with Gasteiger partial charge in [-0.05, 0) is 12.1 Å². The highest BCUT2D eigenvalue weighted by atomic mass is 32.2. The first-order chi connectivity index (χ1) is 9.98. The fourth-order valence-corrected chi connectivity index (χ4v) is 4.08. The van der Waals surface area contributed by atoms with Crippen LogP contribution in [0.4, 0.5) is 5.69 Å². The standard InChI is InChI=1S/C14H18N2O4S/c1-15-8-9-20-14-10-12(2-3-13(14)15)21(18,19)16-6-4-11(17)5-7-16/h2-3,10H,4-9H2,1H3. The van der Waals surface area contributed by atoms with E-state index in [4.69, 9.17) is 4.74 Å². The van der Waals surface area contributed by atoms with Crippen LogP contribution in [0.3, 0.4) is 0 Å². The predicted molar refractivity (Wildman–Crippen MR) is 78.2 cm³/mol. The Labute approximate surface area is 124 Å². The molecule has 2 aliphatic rings. The number of carbonyl (C=O) groups excluding carboxylic acids is 1. The summed E-state index contributed by atoms with van der Waals surface area (Å²) in [6, 6.07) is 4.96. The van der Waals surface area contributed by atoms with Crippen LogP contribution in [0.15, 0.2) is 23.1 Å². The van der Waals surface area contributed by atoms with E-state index in [1.807, 2.05) is 11.9 Å². The molecule has 0 unspecified atom stereocenters. The van der Waals surface area contributed by atoms with Crippen molar-refractivity contribution in [2.24, 2.45) is 0 Å². The van der Waals surface area contributed by atoms with Crippen molar-refractivity contribution >= 4 is 21.5 Å². The summed E-state index contributed by atoms with van der Waals surface area (Å²) < 4.78 is 32.1. The summed E-state index contributed by atoms with van der Waals surface area (Å²) in [7, 11) is -1.60. The molecular formula is C14H18N2O4S. The lowest BCUT2D eigenvalue weighted by atomic mass is 10.1. The van der Waals surface area contributed by atoms with Gasteiger partial charge in [0.1, 0.15) is 18.1 Å². The number of carbonyl (C=O) groups is 1. The van der Waals surface area contributed by atoms with Crippen molar-refractivity contribution < 1.29 is 17.9 Å². The Morgan fingerprint density at radius 1 is 1.14 bits per heavy atom. The molecule has 0 saturated carbocycles. The third-order valence-electron chi connectivity index (χ3n) is 3.94. The average Bonchev–Trinajstić information content (AvgIpc) is 2.47. The van der Waals surface area contributed by atoms with E-state index < -0.39 is 10.0 Å². The second-order valence-corrected chi connectivity index (χ2v) is 7.28. The Morgan fingerprint density at radius 3 is 2.57 bits per heavy atom. The molecule has 1 fully saturated rings. The summed E-state index contributed by atoms with van der Waals surface area (Å²) in [4.78, 5) is 13.5. The number of ketones is 1. The van der Waals surface area contributed by atoms with Gasteiger partial charge in [0.2, 0.25) is 10.0 Å². The van der Waals surface area contributed by atoms with Crippen LogP contribution >= 0.6 is 0 Å². The number of ether oxygens (including phenoxy) is 1. The Hall–Kier alpha value is -1.60. The number of sulfonamides is 1. The topological polar surface area (TPSA) is 66.9 Å². The van der Waals surface area contributed by atoms with Gasteiger partial charge in [-0.1, -0.05) is 0 Å². The third-order valence-corrected chi connectivity index (χ3v) is 5.84. The number of Topliss-reactive ketones (excluding diaryl/α,β-unsaturated/α-hetero) is 1. The lowest BCUT2D eigenvalue weighted by Gasteiger charge is -2.29. The minimum absolute atomic E-state index is 0.122. The number of nitrogens with zero attached hydrogens (tertiary/aromatic N) is 2. The fourth-order valence-electron chi connectivity index (χ4n) is 2.62. The normalized spacial score (nSPS) is 20.0. The molecule has 7 heteroatoms. The first-order valence-electron chi connectivity index (χ1n) is 6.98. The largest absolute Gasteiger partial charge is 0.490 e. The van der Waals surface area contributed by atoms with E-state index in [1.165, 1.54) is 4.31 Å². The van der Waals surface area contributed by atoms with E-state index in [2.05, 4.69) is 0 Å². The molecule has 3 rings (SSSR count). The number of rotatable bonds is 2. The minimum atomic E-state index is -3.55. The number of likely N-dealkylation sites (N-methyl/N-ethyl adjacent to an activating group) is 1. The molecule has 1 aromatic rings. The molecule has 1 saturated heterocycles. The van der Waals surface area contributed by atoms with Crippen LogP contribution in [0.5, 0.6) is 5.75 Å². The van der Waals surface area contributed by atoms with Crippen molar-refractivity contribution in [1.82, 2.24) is 4.31 Å². The summed E-state index contributed by atoms with van der Waals surface area (Å²) in [5.41, 5.74) is 0.897. The minimum Gasteiger partial charge on any atom is -0.490 e. The zero-order chi connectivity index (χ0) is 15.0. The van der Waals surface area contributed by atoms with Crippen LogP contribution in [0.1, 0.15) is 12.8 Å². The van der Waals surface area contributed by atoms with Gasteiger partial charge in [0.15, 0.2) is 0 Å². The van der Waals surface area contributed by atoms with Gasteiger partial charge < -0.3 is 9.64 Å². The van der Waals surface area contributed by atoms with Crippen LogP contribution in [-0.2, 0) is 14.8 Å². The lowest BCUT2D eigenvalue weighted by molar-refractivity contribution is -0.120. The predicted octanol–water partition coefficient (Wildman–Crippen LogP) is 0.869. The highest BCUT2D eigenvalue weighted by molar-refractivity contribution is 7.89. The van der Waals surface area contributed by atoms with E-state index in [-0.39, 0.29) is 23.8 Å². The highest BCUT2D eigenvalue weighted by Gasteiger charge is 2.29. The first kappa shape index (κ1) is 14.3. The van der Waals surface area contributed by atoms with Gasteiger partial charge in [0, 0.05) is 39.0 Å². The maximum Gasteiger partial charge on any atom is 0.243 e. The zero-order valence-electron chi connectivity index (χ0n) is 11.9. The molecule has 21 heavy (non-hydrogen) atoms. The summed E-state index contributed by atoms with van der Waals surface area (Å²) >= 11 is 0. The molecule has 0 spiro atoms. The molecule has 114 valence electrons. The monoisotopic (exact) mass is 310 g/mol. The summed E-state index contributed by atoms with van der Waals surface area (Å²) in [6.07, 6.45) is 0.590. The number of hydrogen-bond donors (Lipinski definition) is 0. The maximum atomic E-state index is 12.6. The summed E-state index contributed by atoms with van der Waals surface area (Å²) in [5, 5.41) is 0. The summed E-state index contributed by atoms with van der Waals surface area (Å²) in [6.45, 7) is 1.86. The number of piperidine rings is 1. The third kappa shape index (κ3) is 2.63. The van der Waals surface area contributed by atoms with Gasteiger partial charge >= 0.3 is 0 Å². The Kier molecular flexibility index (Phi) is 3.62. The molecule has 6 nitrogen and oxygen atoms in total. The van der Waals surface area contributed by atoms with Crippen LogP contribution in [-0.4, -0.2) is 51.8 Å². The Morgan fingerprint density at radius 2 is 1.86 bits per heavy atom. The number of anilines is 1. The van der Waals surface area contributed by atoms with E-state index in [1.54, 1.807) is 18.2 Å². The molecule has 0 N–H and O–H groups in total. The Bertz CT molecular complexity index is 662. The van der Waals surface area contributed by atoms with Gasteiger partial charge in [0.05, 0.1) is 17.1 Å². The smallest absolute Gasteiger partial charge is 0.243 e. The molecule has 0 bridgehead atoms. The second kappa shape index (κ2) is 5.31. The SMILES string of the molecule is CN1CCOc2cc(S(=O)(=O)N3CCC(=O)CC3)ccc21. The molecule has 2 heterocycles. The number of hydrogen-bond acceptors (Lipinski definition) is 5. The van der Waals surface area contributed by atoms with Crippen molar-refractivity contribution in [3.8, 4) is 5.75 Å². The molecule has 0 atom stereocenters. The van der Waals surface area contributed by atoms with Gasteiger partial charge in [-0.25, -0.2) is 8.42 Å². The van der Waals surface area contributed by atoms with E-state index in [0.29, 0.717) is 25.2 Å². The van der Waals surface area contributed by atoms with E-state index in [0.717, 1.165) is 12.2 Å². The second-order valence-electron chi connectivity index (χ2n) is 5.34. The van der Waals surface area contributed by atoms with Gasteiger partial charge in [-0.3, -0.25) is 4.79 Å². The first-order valence-corrected chi connectivity index (χ1v) is 8.42. The van der Waals surface area contributed by atoms with E-state index >= 15 is 0 Å². The number of benzene rings is 1. The van der Waals surface area contributed by atoms with E-state index in [9.17, 15) is 13.2 Å². The van der Waals surface area contributed by atoms with Crippen LogP contribution in [0, 0.1) is 0 Å². The van der Waals surface area contributed by atoms with Gasteiger partial charge in [0.25, 0.3) is 0 Å². The van der Waals surface area contributed by atoms with Crippen molar-refractivity contribution in [2.75, 3.05) is 38.2 Å². The quantitative estimate of drug-likeness (QED) is 0.811. The zero-order valence-corrected chi connectivity index (χ0v) is 12.7. The maximum absolute atomic E-state index is 12.6. The van der Waals surface area contributed by atoms with Gasteiger partial charge in [-0.2, -0.15) is 4.31 Å². The Balaban J connectivity index is 1.91. The molecule has 0 aromatic heterocycles. The number of fused-ring (bicyclic) bond motifs is 1. The lowest BCUT2D eigenvalue weighted by Crippen LogP contribution is -2.38. The van der Waals surface area contributed by atoms with Crippen LogP contribution in [0.25, 0.3) is 0 Å². The van der Waals surface area contributed by atoms with Crippen molar-refractivity contribution in [2.45, 2.75) is 17.7 Å². The average molecular weight is 310 g/mol. The molecule has 0 aliphatic carbocycles. The van der Waals surface area contributed by atoms with Crippen molar-refractivity contribution in [1.29, 1.82) is 0 Å². The van der Waals surface area contributed by atoms with Crippen molar-refractivity contribution in [3.05, 3.63) is 18.2 Å². The fraction of sp³-hybridized carbons (Fsp3) is 0.500.